The van der Waals surface area contributed by atoms with Gasteiger partial charge < -0.3 is 10.2 Å². The quantitative estimate of drug-likeness (QED) is 0.423. The molecule has 1 atom stereocenters. The number of halogens is 1. The number of hydrogen-bond donors (Lipinski definition) is 1. The van der Waals surface area contributed by atoms with E-state index in [4.69, 9.17) is 11.6 Å². The predicted molar refractivity (Wildman–Crippen MR) is 142 cm³/mol. The van der Waals surface area contributed by atoms with Crippen molar-refractivity contribution in [1.82, 2.24) is 10.2 Å². The SMILES string of the molecule is CCNC(=O)[C@@H](C)N(Cc1cccc(C)c1)C(=O)CN(c1ccccc1)S(=O)(=O)c1ccc(Cl)cc1. The van der Waals surface area contributed by atoms with E-state index in [1.165, 1.54) is 29.2 Å². The van der Waals surface area contributed by atoms with Crippen molar-refractivity contribution in [2.24, 2.45) is 0 Å². The van der Waals surface area contributed by atoms with Crippen LogP contribution in [0.1, 0.15) is 25.0 Å². The van der Waals surface area contributed by atoms with Gasteiger partial charge in [-0.25, -0.2) is 8.42 Å². The van der Waals surface area contributed by atoms with Gasteiger partial charge in [0.25, 0.3) is 10.0 Å². The summed E-state index contributed by atoms with van der Waals surface area (Å²) >= 11 is 5.96. The van der Waals surface area contributed by atoms with E-state index < -0.39 is 28.5 Å². The lowest BCUT2D eigenvalue weighted by Crippen LogP contribution is -2.51. The van der Waals surface area contributed by atoms with Gasteiger partial charge in [-0.05, 0) is 62.7 Å². The molecule has 9 heteroatoms. The van der Waals surface area contributed by atoms with Crippen LogP contribution >= 0.6 is 11.6 Å². The molecule has 190 valence electrons. The molecule has 3 aromatic rings. The highest BCUT2D eigenvalue weighted by molar-refractivity contribution is 7.92. The minimum absolute atomic E-state index is 0.00515. The van der Waals surface area contributed by atoms with E-state index in [0.29, 0.717) is 17.3 Å². The normalized spacial score (nSPS) is 12.0. The van der Waals surface area contributed by atoms with Crippen LogP contribution in [0.4, 0.5) is 5.69 Å². The zero-order valence-corrected chi connectivity index (χ0v) is 22.1. The molecule has 1 N–H and O–H groups in total. The number of para-hydroxylation sites is 1. The molecule has 0 aliphatic carbocycles. The molecule has 0 unspecified atom stereocenters. The lowest BCUT2D eigenvalue weighted by Gasteiger charge is -2.32. The van der Waals surface area contributed by atoms with Gasteiger partial charge in [-0.15, -0.1) is 0 Å². The minimum Gasteiger partial charge on any atom is -0.355 e. The van der Waals surface area contributed by atoms with Gasteiger partial charge in [-0.2, -0.15) is 0 Å². The van der Waals surface area contributed by atoms with Gasteiger partial charge in [0.05, 0.1) is 10.6 Å². The second-order valence-electron chi connectivity index (χ2n) is 8.38. The Labute approximate surface area is 217 Å². The fraction of sp³-hybridized carbons (Fsp3) is 0.259. The number of amides is 2. The third-order valence-electron chi connectivity index (χ3n) is 5.68. The first-order valence-corrected chi connectivity index (χ1v) is 13.4. The Morgan fingerprint density at radius 1 is 0.972 bits per heavy atom. The molecule has 0 radical (unpaired) electrons. The molecular formula is C27H30ClN3O4S. The van der Waals surface area contributed by atoms with Gasteiger partial charge in [0.2, 0.25) is 11.8 Å². The highest BCUT2D eigenvalue weighted by Crippen LogP contribution is 2.25. The number of aryl methyl sites for hydroxylation is 1. The molecule has 3 rings (SSSR count). The smallest absolute Gasteiger partial charge is 0.264 e. The lowest BCUT2D eigenvalue weighted by atomic mass is 10.1. The monoisotopic (exact) mass is 527 g/mol. The third-order valence-corrected chi connectivity index (χ3v) is 7.72. The van der Waals surface area contributed by atoms with Crippen LogP contribution in [0.3, 0.4) is 0 Å². The average Bonchev–Trinajstić information content (AvgIpc) is 2.86. The second-order valence-corrected chi connectivity index (χ2v) is 10.7. The number of sulfonamides is 1. The Morgan fingerprint density at radius 3 is 2.25 bits per heavy atom. The van der Waals surface area contributed by atoms with Crippen LogP contribution < -0.4 is 9.62 Å². The first-order chi connectivity index (χ1) is 17.1. The summed E-state index contributed by atoms with van der Waals surface area (Å²) in [7, 11) is -4.11. The van der Waals surface area contributed by atoms with Crippen molar-refractivity contribution < 1.29 is 18.0 Å². The molecule has 0 aliphatic heterocycles. The molecule has 0 bridgehead atoms. The van der Waals surface area contributed by atoms with E-state index >= 15 is 0 Å². The molecule has 7 nitrogen and oxygen atoms in total. The van der Waals surface area contributed by atoms with E-state index in [0.717, 1.165) is 15.4 Å². The zero-order valence-electron chi connectivity index (χ0n) is 20.5. The minimum atomic E-state index is -4.11. The van der Waals surface area contributed by atoms with Gasteiger partial charge in [-0.3, -0.25) is 13.9 Å². The molecule has 3 aromatic carbocycles. The van der Waals surface area contributed by atoms with Gasteiger partial charge >= 0.3 is 0 Å². The number of anilines is 1. The molecule has 0 spiro atoms. The molecular weight excluding hydrogens is 498 g/mol. The Balaban J connectivity index is 2.00. The van der Waals surface area contributed by atoms with Crippen LogP contribution in [-0.2, 0) is 26.2 Å². The summed E-state index contributed by atoms with van der Waals surface area (Å²) in [4.78, 5) is 27.8. The van der Waals surface area contributed by atoms with E-state index in [1.807, 2.05) is 31.2 Å². The third kappa shape index (κ3) is 6.65. The summed E-state index contributed by atoms with van der Waals surface area (Å²) in [6.45, 7) is 5.47. The van der Waals surface area contributed by atoms with Gasteiger partial charge in [0.15, 0.2) is 0 Å². The first kappa shape index (κ1) is 27.2. The number of carbonyl (C=O) groups is 2. The number of hydrogen-bond acceptors (Lipinski definition) is 4. The Hall–Kier alpha value is -3.36. The van der Waals surface area contributed by atoms with E-state index in [2.05, 4.69) is 5.32 Å². The van der Waals surface area contributed by atoms with Crippen LogP contribution in [0.25, 0.3) is 0 Å². The van der Waals surface area contributed by atoms with Crippen molar-refractivity contribution in [3.63, 3.8) is 0 Å². The molecule has 0 fully saturated rings. The highest BCUT2D eigenvalue weighted by atomic mass is 35.5. The molecule has 0 heterocycles. The molecule has 36 heavy (non-hydrogen) atoms. The number of benzene rings is 3. The number of carbonyl (C=O) groups excluding carboxylic acids is 2. The average molecular weight is 528 g/mol. The number of nitrogens with one attached hydrogen (secondary N) is 1. The van der Waals surface area contributed by atoms with E-state index in [-0.39, 0.29) is 17.3 Å². The van der Waals surface area contributed by atoms with Crippen molar-refractivity contribution in [2.75, 3.05) is 17.4 Å². The molecule has 0 aromatic heterocycles. The van der Waals surface area contributed by atoms with Crippen molar-refractivity contribution in [1.29, 1.82) is 0 Å². The predicted octanol–water partition coefficient (Wildman–Crippen LogP) is 4.40. The van der Waals surface area contributed by atoms with Crippen molar-refractivity contribution in [3.05, 3.63) is 95.0 Å². The topological polar surface area (TPSA) is 86.8 Å². The van der Waals surface area contributed by atoms with E-state index in [9.17, 15) is 18.0 Å². The largest absolute Gasteiger partial charge is 0.355 e. The van der Waals surface area contributed by atoms with E-state index in [1.54, 1.807) is 44.2 Å². The fourth-order valence-electron chi connectivity index (χ4n) is 3.77. The molecule has 0 saturated heterocycles. The van der Waals surface area contributed by atoms with Gasteiger partial charge in [-0.1, -0.05) is 59.6 Å². The summed E-state index contributed by atoms with van der Waals surface area (Å²) < 4.78 is 28.4. The zero-order chi connectivity index (χ0) is 26.3. The summed E-state index contributed by atoms with van der Waals surface area (Å²) in [5.41, 5.74) is 2.19. The van der Waals surface area contributed by atoms with Crippen LogP contribution in [0.5, 0.6) is 0 Å². The maximum Gasteiger partial charge on any atom is 0.264 e. The number of likely N-dealkylation sites (N-methyl/N-ethyl adjacent to an activating group) is 1. The summed E-state index contributed by atoms with van der Waals surface area (Å²) in [6.07, 6.45) is 0. The Morgan fingerprint density at radius 2 is 1.64 bits per heavy atom. The summed E-state index contributed by atoms with van der Waals surface area (Å²) in [6, 6.07) is 21.0. The van der Waals surface area contributed by atoms with Gasteiger partial charge in [0, 0.05) is 18.1 Å². The number of rotatable bonds is 10. The van der Waals surface area contributed by atoms with Crippen molar-refractivity contribution >= 4 is 39.1 Å². The number of nitrogens with zero attached hydrogens (tertiary/aromatic N) is 2. The fourth-order valence-corrected chi connectivity index (χ4v) is 5.31. The molecule has 0 aliphatic rings. The Kier molecular flexibility index (Phi) is 9.12. The standard InChI is InChI=1S/C27H30ClN3O4S/c1-4-29-27(33)21(3)30(18-22-10-8-9-20(2)17-22)26(32)19-31(24-11-6-5-7-12-24)36(34,35)25-15-13-23(28)14-16-25/h5-17,21H,4,18-19H2,1-3H3,(H,29,33)/t21-/m1/s1. The van der Waals surface area contributed by atoms with Crippen LogP contribution in [0.15, 0.2) is 83.8 Å². The highest BCUT2D eigenvalue weighted by Gasteiger charge is 2.32. The van der Waals surface area contributed by atoms with Crippen LogP contribution in [-0.4, -0.2) is 44.3 Å². The molecule has 0 saturated carbocycles. The summed E-state index contributed by atoms with van der Waals surface area (Å²) in [5.74, 6) is -0.818. The Bertz CT molecular complexity index is 1300. The summed E-state index contributed by atoms with van der Waals surface area (Å²) in [5, 5.41) is 3.15. The maximum absolute atomic E-state index is 13.7. The second kappa shape index (κ2) is 12.1. The molecule has 2 amide bonds. The maximum atomic E-state index is 13.7. The van der Waals surface area contributed by atoms with Crippen LogP contribution in [0, 0.1) is 6.92 Å². The van der Waals surface area contributed by atoms with Crippen molar-refractivity contribution in [3.8, 4) is 0 Å². The van der Waals surface area contributed by atoms with Gasteiger partial charge in [0.1, 0.15) is 12.6 Å². The van der Waals surface area contributed by atoms with Crippen LogP contribution in [0.2, 0.25) is 5.02 Å². The lowest BCUT2D eigenvalue weighted by molar-refractivity contribution is -0.139. The van der Waals surface area contributed by atoms with Crippen molar-refractivity contribution in [2.45, 2.75) is 38.3 Å². The first-order valence-electron chi connectivity index (χ1n) is 11.6.